The SMILES string of the molecule is C=C(C)CN1C(=O)COc2ccc(NC(=O)c3ccccc3Br)cc21. The highest BCUT2D eigenvalue weighted by atomic mass is 79.9. The van der Waals surface area contributed by atoms with Crippen LogP contribution in [0.4, 0.5) is 11.4 Å². The first-order valence-electron chi connectivity index (χ1n) is 7.73. The molecule has 1 aliphatic rings. The van der Waals surface area contributed by atoms with E-state index in [4.69, 9.17) is 4.74 Å². The van der Waals surface area contributed by atoms with E-state index < -0.39 is 0 Å². The summed E-state index contributed by atoms with van der Waals surface area (Å²) in [4.78, 5) is 26.2. The van der Waals surface area contributed by atoms with E-state index in [1.54, 1.807) is 35.2 Å². The average molecular weight is 401 g/mol. The molecule has 5 nitrogen and oxygen atoms in total. The lowest BCUT2D eigenvalue weighted by Crippen LogP contribution is -2.39. The second-order valence-electron chi connectivity index (χ2n) is 5.84. The molecule has 0 bridgehead atoms. The van der Waals surface area contributed by atoms with Crippen molar-refractivity contribution < 1.29 is 14.3 Å². The van der Waals surface area contributed by atoms with Crippen LogP contribution in [0.5, 0.6) is 5.75 Å². The van der Waals surface area contributed by atoms with Crippen molar-refractivity contribution in [2.45, 2.75) is 6.92 Å². The average Bonchev–Trinajstić information content (AvgIpc) is 2.57. The number of benzene rings is 2. The van der Waals surface area contributed by atoms with Crippen LogP contribution in [0.1, 0.15) is 17.3 Å². The van der Waals surface area contributed by atoms with Gasteiger partial charge in [0.1, 0.15) is 5.75 Å². The maximum absolute atomic E-state index is 12.5. The molecule has 0 saturated heterocycles. The molecule has 1 heterocycles. The van der Waals surface area contributed by atoms with Gasteiger partial charge in [-0.1, -0.05) is 24.3 Å². The Morgan fingerprint density at radius 3 is 2.80 bits per heavy atom. The number of hydrogen-bond donors (Lipinski definition) is 1. The predicted molar refractivity (Wildman–Crippen MR) is 101 cm³/mol. The van der Waals surface area contributed by atoms with Gasteiger partial charge >= 0.3 is 0 Å². The van der Waals surface area contributed by atoms with Crippen LogP contribution in [0, 0.1) is 0 Å². The smallest absolute Gasteiger partial charge is 0.265 e. The number of fused-ring (bicyclic) bond motifs is 1. The Bertz CT molecular complexity index is 863. The standard InChI is InChI=1S/C19H17BrN2O3/c1-12(2)10-22-16-9-13(7-8-17(16)25-11-18(22)23)21-19(24)14-5-3-4-6-15(14)20/h3-9H,1,10-11H2,2H3,(H,21,24). The number of hydrogen-bond acceptors (Lipinski definition) is 3. The maximum Gasteiger partial charge on any atom is 0.265 e. The van der Waals surface area contributed by atoms with Crippen LogP contribution in [-0.4, -0.2) is 25.0 Å². The van der Waals surface area contributed by atoms with Crippen LogP contribution < -0.4 is 15.0 Å². The first-order valence-corrected chi connectivity index (χ1v) is 8.52. The van der Waals surface area contributed by atoms with Crippen molar-refractivity contribution in [2.75, 3.05) is 23.4 Å². The first kappa shape index (κ1) is 17.2. The summed E-state index contributed by atoms with van der Waals surface area (Å²) >= 11 is 3.37. The van der Waals surface area contributed by atoms with E-state index in [-0.39, 0.29) is 18.4 Å². The lowest BCUT2D eigenvalue weighted by Gasteiger charge is -2.30. The fraction of sp³-hybridized carbons (Fsp3) is 0.158. The molecule has 25 heavy (non-hydrogen) atoms. The topological polar surface area (TPSA) is 58.6 Å². The normalized spacial score (nSPS) is 13.0. The molecule has 0 fully saturated rings. The van der Waals surface area contributed by atoms with Gasteiger partial charge in [0.15, 0.2) is 6.61 Å². The minimum Gasteiger partial charge on any atom is -0.482 e. The molecule has 6 heteroatoms. The number of carbonyl (C=O) groups is 2. The van der Waals surface area contributed by atoms with Gasteiger partial charge in [0.2, 0.25) is 0 Å². The molecule has 0 saturated carbocycles. The monoisotopic (exact) mass is 400 g/mol. The summed E-state index contributed by atoms with van der Waals surface area (Å²) in [6, 6.07) is 12.4. The summed E-state index contributed by atoms with van der Waals surface area (Å²) in [6.45, 7) is 6.15. The summed E-state index contributed by atoms with van der Waals surface area (Å²) in [5.74, 6) is 0.242. The summed E-state index contributed by atoms with van der Waals surface area (Å²) in [5.41, 5.74) is 2.61. The molecular formula is C19H17BrN2O3. The van der Waals surface area contributed by atoms with Crippen LogP contribution in [0.3, 0.4) is 0 Å². The van der Waals surface area contributed by atoms with Gasteiger partial charge in [-0.3, -0.25) is 9.59 Å². The third kappa shape index (κ3) is 3.74. The largest absolute Gasteiger partial charge is 0.482 e. The van der Waals surface area contributed by atoms with E-state index in [1.165, 1.54) is 0 Å². The molecular weight excluding hydrogens is 384 g/mol. The van der Waals surface area contributed by atoms with Crippen LogP contribution >= 0.6 is 15.9 Å². The number of rotatable bonds is 4. The number of ether oxygens (including phenoxy) is 1. The second-order valence-corrected chi connectivity index (χ2v) is 6.70. The zero-order valence-corrected chi connectivity index (χ0v) is 15.3. The molecule has 3 rings (SSSR count). The highest BCUT2D eigenvalue weighted by molar-refractivity contribution is 9.10. The fourth-order valence-corrected chi connectivity index (χ4v) is 3.03. The Morgan fingerprint density at radius 1 is 1.32 bits per heavy atom. The van der Waals surface area contributed by atoms with Gasteiger partial charge < -0.3 is 15.0 Å². The predicted octanol–water partition coefficient (Wildman–Crippen LogP) is 4.00. The fourth-order valence-electron chi connectivity index (χ4n) is 2.57. The van der Waals surface area contributed by atoms with Crippen LogP contribution in [-0.2, 0) is 4.79 Å². The van der Waals surface area contributed by atoms with Gasteiger partial charge in [-0.05, 0) is 53.2 Å². The highest BCUT2D eigenvalue weighted by Crippen LogP contribution is 2.35. The lowest BCUT2D eigenvalue weighted by molar-refractivity contribution is -0.121. The molecule has 0 atom stereocenters. The Kier molecular flexibility index (Phi) is 4.90. The number of halogens is 1. The van der Waals surface area contributed by atoms with Crippen molar-refractivity contribution in [2.24, 2.45) is 0 Å². The molecule has 0 spiro atoms. The molecule has 1 N–H and O–H groups in total. The number of nitrogens with zero attached hydrogens (tertiary/aromatic N) is 1. The number of nitrogens with one attached hydrogen (secondary N) is 1. The zero-order valence-electron chi connectivity index (χ0n) is 13.7. The third-order valence-electron chi connectivity index (χ3n) is 3.71. The van der Waals surface area contributed by atoms with E-state index >= 15 is 0 Å². The van der Waals surface area contributed by atoms with E-state index in [9.17, 15) is 9.59 Å². The van der Waals surface area contributed by atoms with Gasteiger partial charge in [-0.25, -0.2) is 0 Å². The lowest BCUT2D eigenvalue weighted by atomic mass is 10.1. The molecule has 0 radical (unpaired) electrons. The van der Waals surface area contributed by atoms with Crippen molar-refractivity contribution in [1.82, 2.24) is 0 Å². The molecule has 2 amide bonds. The van der Waals surface area contributed by atoms with Crippen LogP contribution in [0.25, 0.3) is 0 Å². The molecule has 1 aliphatic heterocycles. The number of anilines is 2. The summed E-state index contributed by atoms with van der Waals surface area (Å²) in [5, 5.41) is 2.85. The van der Waals surface area contributed by atoms with E-state index in [0.717, 1.165) is 5.57 Å². The van der Waals surface area contributed by atoms with Crippen LogP contribution in [0.15, 0.2) is 59.1 Å². The molecule has 2 aromatic carbocycles. The van der Waals surface area contributed by atoms with Crippen molar-refractivity contribution in [3.05, 3.63) is 64.7 Å². The highest BCUT2D eigenvalue weighted by Gasteiger charge is 2.26. The number of carbonyl (C=O) groups excluding carboxylic acids is 2. The van der Waals surface area contributed by atoms with Gasteiger partial charge in [0.05, 0.1) is 11.3 Å². The Morgan fingerprint density at radius 2 is 2.08 bits per heavy atom. The van der Waals surface area contributed by atoms with Crippen molar-refractivity contribution in [3.8, 4) is 5.75 Å². The van der Waals surface area contributed by atoms with Crippen LogP contribution in [0.2, 0.25) is 0 Å². The van der Waals surface area contributed by atoms with Gasteiger partial charge in [0, 0.05) is 16.7 Å². The molecule has 128 valence electrons. The van der Waals surface area contributed by atoms with E-state index in [1.807, 2.05) is 19.1 Å². The number of amides is 2. The molecule has 0 aromatic heterocycles. The van der Waals surface area contributed by atoms with Gasteiger partial charge in [0.25, 0.3) is 11.8 Å². The minimum absolute atomic E-state index is 0.00292. The Hall–Kier alpha value is -2.60. The first-order chi connectivity index (χ1) is 12.0. The zero-order chi connectivity index (χ0) is 18.0. The Labute approximate surface area is 154 Å². The molecule has 2 aromatic rings. The van der Waals surface area contributed by atoms with Crippen molar-refractivity contribution in [3.63, 3.8) is 0 Å². The molecule has 0 unspecified atom stereocenters. The van der Waals surface area contributed by atoms with Crippen molar-refractivity contribution >= 4 is 39.1 Å². The Balaban J connectivity index is 1.88. The van der Waals surface area contributed by atoms with Gasteiger partial charge in [-0.2, -0.15) is 0 Å². The van der Waals surface area contributed by atoms with E-state index in [2.05, 4.69) is 27.8 Å². The second kappa shape index (κ2) is 7.11. The minimum atomic E-state index is -0.234. The maximum atomic E-state index is 12.5. The van der Waals surface area contributed by atoms with Gasteiger partial charge in [-0.15, -0.1) is 0 Å². The molecule has 0 aliphatic carbocycles. The van der Waals surface area contributed by atoms with E-state index in [0.29, 0.717) is 33.7 Å². The summed E-state index contributed by atoms with van der Waals surface area (Å²) < 4.78 is 6.19. The third-order valence-corrected chi connectivity index (χ3v) is 4.40. The summed E-state index contributed by atoms with van der Waals surface area (Å²) in [7, 11) is 0. The quantitative estimate of drug-likeness (QED) is 0.788. The van der Waals surface area contributed by atoms with Crippen molar-refractivity contribution in [1.29, 1.82) is 0 Å². The summed E-state index contributed by atoms with van der Waals surface area (Å²) in [6.07, 6.45) is 0.